The lowest BCUT2D eigenvalue weighted by atomic mass is 10.2. The Morgan fingerprint density at radius 2 is 1.91 bits per heavy atom. The SMILES string of the molecule is Cc1ccccc1N=C1SCCCN1C(=O)c1ccccc1Br. The van der Waals surface area contributed by atoms with Crippen LogP contribution in [0.1, 0.15) is 22.3 Å². The molecule has 0 unspecified atom stereocenters. The topological polar surface area (TPSA) is 32.7 Å². The summed E-state index contributed by atoms with van der Waals surface area (Å²) in [6, 6.07) is 15.5. The van der Waals surface area contributed by atoms with Gasteiger partial charge in [0.15, 0.2) is 5.17 Å². The summed E-state index contributed by atoms with van der Waals surface area (Å²) in [6.07, 6.45) is 0.980. The predicted octanol–water partition coefficient (Wildman–Crippen LogP) is 5.02. The van der Waals surface area contributed by atoms with Gasteiger partial charge in [-0.05, 0) is 53.0 Å². The first-order chi connectivity index (χ1) is 11.2. The zero-order chi connectivity index (χ0) is 16.2. The van der Waals surface area contributed by atoms with E-state index in [1.165, 1.54) is 0 Å². The quantitative estimate of drug-likeness (QED) is 0.722. The van der Waals surface area contributed by atoms with Crippen LogP contribution in [0.15, 0.2) is 58.0 Å². The van der Waals surface area contributed by atoms with Crippen molar-refractivity contribution in [2.45, 2.75) is 13.3 Å². The highest BCUT2D eigenvalue weighted by molar-refractivity contribution is 9.10. The number of hydrogen-bond acceptors (Lipinski definition) is 3. The van der Waals surface area contributed by atoms with Crippen LogP contribution in [-0.2, 0) is 0 Å². The van der Waals surface area contributed by atoms with E-state index in [1.54, 1.807) is 16.7 Å². The van der Waals surface area contributed by atoms with Gasteiger partial charge in [0.1, 0.15) is 0 Å². The molecule has 0 saturated carbocycles. The minimum absolute atomic E-state index is 0.00277. The maximum atomic E-state index is 12.9. The molecule has 0 bridgehead atoms. The van der Waals surface area contributed by atoms with Crippen LogP contribution in [0.2, 0.25) is 0 Å². The van der Waals surface area contributed by atoms with Crippen molar-refractivity contribution >= 4 is 44.5 Å². The van der Waals surface area contributed by atoms with Crippen LogP contribution in [0, 0.1) is 6.92 Å². The lowest BCUT2D eigenvalue weighted by molar-refractivity contribution is 0.0848. The van der Waals surface area contributed by atoms with E-state index < -0.39 is 0 Å². The van der Waals surface area contributed by atoms with Crippen molar-refractivity contribution in [1.82, 2.24) is 4.90 Å². The molecule has 23 heavy (non-hydrogen) atoms. The summed E-state index contributed by atoms with van der Waals surface area (Å²) in [5, 5.41) is 0.784. The summed E-state index contributed by atoms with van der Waals surface area (Å²) >= 11 is 5.11. The molecule has 0 N–H and O–H groups in total. The number of amidine groups is 1. The number of carbonyl (C=O) groups excluding carboxylic acids is 1. The summed E-state index contributed by atoms with van der Waals surface area (Å²) in [5.41, 5.74) is 2.70. The van der Waals surface area contributed by atoms with E-state index in [9.17, 15) is 4.79 Å². The summed E-state index contributed by atoms with van der Waals surface area (Å²) in [4.78, 5) is 19.4. The van der Waals surface area contributed by atoms with Crippen molar-refractivity contribution in [1.29, 1.82) is 0 Å². The van der Waals surface area contributed by atoms with E-state index in [0.717, 1.165) is 33.1 Å². The lowest BCUT2D eigenvalue weighted by Gasteiger charge is -2.28. The second-order valence-electron chi connectivity index (χ2n) is 5.32. The normalized spacial score (nSPS) is 16.6. The van der Waals surface area contributed by atoms with Crippen LogP contribution < -0.4 is 0 Å². The van der Waals surface area contributed by atoms with E-state index >= 15 is 0 Å². The van der Waals surface area contributed by atoms with Crippen molar-refractivity contribution in [3.05, 3.63) is 64.1 Å². The van der Waals surface area contributed by atoms with Crippen LogP contribution in [0.3, 0.4) is 0 Å². The number of amides is 1. The minimum Gasteiger partial charge on any atom is -0.287 e. The first kappa shape index (κ1) is 16.3. The number of halogens is 1. The largest absolute Gasteiger partial charge is 0.287 e. The molecule has 0 spiro atoms. The Balaban J connectivity index is 1.95. The molecule has 0 aromatic heterocycles. The van der Waals surface area contributed by atoms with E-state index in [-0.39, 0.29) is 5.91 Å². The average molecular weight is 389 g/mol. The molecule has 3 nitrogen and oxygen atoms in total. The first-order valence-corrected chi connectivity index (χ1v) is 9.28. The monoisotopic (exact) mass is 388 g/mol. The second-order valence-corrected chi connectivity index (χ2v) is 7.24. The molecule has 0 radical (unpaired) electrons. The zero-order valence-corrected chi connectivity index (χ0v) is 15.2. The third-order valence-electron chi connectivity index (χ3n) is 3.67. The molecule has 2 aromatic carbocycles. The summed E-state index contributed by atoms with van der Waals surface area (Å²) in [5.74, 6) is 0.988. The van der Waals surface area contributed by atoms with Crippen LogP contribution in [0.4, 0.5) is 5.69 Å². The minimum atomic E-state index is -0.00277. The highest BCUT2D eigenvalue weighted by Crippen LogP contribution is 2.27. The van der Waals surface area contributed by atoms with Gasteiger partial charge in [-0.15, -0.1) is 0 Å². The van der Waals surface area contributed by atoms with Gasteiger partial charge in [-0.3, -0.25) is 9.69 Å². The smallest absolute Gasteiger partial charge is 0.260 e. The fourth-order valence-corrected chi connectivity index (χ4v) is 3.82. The van der Waals surface area contributed by atoms with E-state index in [1.807, 2.05) is 55.5 Å². The summed E-state index contributed by atoms with van der Waals surface area (Å²) < 4.78 is 0.816. The van der Waals surface area contributed by atoms with Gasteiger partial charge in [-0.2, -0.15) is 0 Å². The van der Waals surface area contributed by atoms with Gasteiger partial charge in [-0.1, -0.05) is 42.1 Å². The van der Waals surface area contributed by atoms with E-state index in [0.29, 0.717) is 12.1 Å². The Morgan fingerprint density at radius 3 is 2.70 bits per heavy atom. The maximum Gasteiger partial charge on any atom is 0.260 e. The highest BCUT2D eigenvalue weighted by Gasteiger charge is 2.26. The number of para-hydroxylation sites is 1. The zero-order valence-electron chi connectivity index (χ0n) is 12.8. The molecular formula is C18H17BrN2OS. The van der Waals surface area contributed by atoms with Gasteiger partial charge >= 0.3 is 0 Å². The molecule has 5 heteroatoms. The Labute approximate surface area is 148 Å². The molecule has 1 aliphatic rings. The van der Waals surface area contributed by atoms with Gasteiger partial charge in [0.2, 0.25) is 0 Å². The number of nitrogens with zero attached hydrogens (tertiary/aromatic N) is 2. The van der Waals surface area contributed by atoms with Crippen molar-refractivity contribution < 1.29 is 4.79 Å². The molecule has 1 heterocycles. The lowest BCUT2D eigenvalue weighted by Crippen LogP contribution is -2.39. The predicted molar refractivity (Wildman–Crippen MR) is 101 cm³/mol. The molecule has 1 aliphatic heterocycles. The van der Waals surface area contributed by atoms with Crippen LogP contribution in [0.5, 0.6) is 0 Å². The molecule has 1 saturated heterocycles. The Hall–Kier alpha value is -1.59. The highest BCUT2D eigenvalue weighted by atomic mass is 79.9. The van der Waals surface area contributed by atoms with Gasteiger partial charge in [0, 0.05) is 16.8 Å². The van der Waals surface area contributed by atoms with Gasteiger partial charge < -0.3 is 0 Å². The van der Waals surface area contributed by atoms with Crippen LogP contribution in [0.25, 0.3) is 0 Å². The molecule has 1 fully saturated rings. The van der Waals surface area contributed by atoms with Gasteiger partial charge in [-0.25, -0.2) is 4.99 Å². The van der Waals surface area contributed by atoms with Crippen molar-refractivity contribution in [3.8, 4) is 0 Å². The van der Waals surface area contributed by atoms with Crippen molar-refractivity contribution in [3.63, 3.8) is 0 Å². The molecule has 3 rings (SSSR count). The number of aliphatic imine (C=N–C) groups is 1. The van der Waals surface area contributed by atoms with Crippen molar-refractivity contribution in [2.75, 3.05) is 12.3 Å². The number of thioether (sulfide) groups is 1. The van der Waals surface area contributed by atoms with Gasteiger partial charge in [0.25, 0.3) is 5.91 Å². The van der Waals surface area contributed by atoms with E-state index in [4.69, 9.17) is 4.99 Å². The average Bonchev–Trinajstić information content (AvgIpc) is 2.57. The fourth-order valence-electron chi connectivity index (χ4n) is 2.41. The number of carbonyl (C=O) groups is 1. The first-order valence-electron chi connectivity index (χ1n) is 7.50. The third-order valence-corrected chi connectivity index (χ3v) is 5.42. The number of benzene rings is 2. The Kier molecular flexibility index (Phi) is 5.18. The summed E-state index contributed by atoms with van der Waals surface area (Å²) in [6.45, 7) is 2.74. The van der Waals surface area contributed by atoms with Crippen LogP contribution in [-0.4, -0.2) is 28.3 Å². The third kappa shape index (κ3) is 3.67. The molecule has 118 valence electrons. The second kappa shape index (κ2) is 7.32. The van der Waals surface area contributed by atoms with Gasteiger partial charge in [0.05, 0.1) is 11.3 Å². The number of aryl methyl sites for hydroxylation is 1. The summed E-state index contributed by atoms with van der Waals surface area (Å²) in [7, 11) is 0. The molecule has 0 atom stereocenters. The fraction of sp³-hybridized carbons (Fsp3) is 0.222. The number of rotatable bonds is 2. The Bertz CT molecular complexity index is 760. The molecular weight excluding hydrogens is 372 g/mol. The Morgan fingerprint density at radius 1 is 1.17 bits per heavy atom. The standard InChI is InChI=1S/C18H17BrN2OS/c1-13-7-2-5-10-16(13)20-18-21(11-6-12-23-18)17(22)14-8-3-4-9-15(14)19/h2-5,7-10H,6,11-12H2,1H3. The molecule has 2 aromatic rings. The molecule has 0 aliphatic carbocycles. The molecule has 1 amide bonds. The van der Waals surface area contributed by atoms with Crippen molar-refractivity contribution in [2.24, 2.45) is 4.99 Å². The number of hydrogen-bond donors (Lipinski definition) is 0. The van der Waals surface area contributed by atoms with E-state index in [2.05, 4.69) is 15.9 Å². The maximum absolute atomic E-state index is 12.9. The van der Waals surface area contributed by atoms with Crippen LogP contribution >= 0.6 is 27.7 Å².